The van der Waals surface area contributed by atoms with Gasteiger partial charge in [0.15, 0.2) is 17.3 Å². The normalized spacial score (nSPS) is 19.2. The minimum Gasteiger partial charge on any atom is -0.511 e. The second-order valence-electron chi connectivity index (χ2n) is 9.34. The van der Waals surface area contributed by atoms with E-state index >= 15 is 0 Å². The SMILES string of the molecule is Cc1nnc(-c2noc(C3=C(O)CC(O)C(C(C)C)=C3)c2-c2ccc3c(c2)CCN(C)C3)[nH]1. The number of aliphatic hydroxyl groups is 2. The lowest BCUT2D eigenvalue weighted by molar-refractivity contribution is 0.179. The molecule has 2 aromatic heterocycles. The highest BCUT2D eigenvalue weighted by Gasteiger charge is 2.30. The molecule has 0 fully saturated rings. The topological polar surface area (TPSA) is 111 Å². The summed E-state index contributed by atoms with van der Waals surface area (Å²) in [5.74, 6) is 1.88. The number of nitrogens with zero attached hydrogens (tertiary/aromatic N) is 4. The van der Waals surface area contributed by atoms with Crippen LogP contribution in [-0.4, -0.2) is 55.1 Å². The third-order valence-electron chi connectivity index (χ3n) is 6.52. The van der Waals surface area contributed by atoms with Crippen molar-refractivity contribution in [3.8, 4) is 22.6 Å². The Morgan fingerprint density at radius 2 is 2.03 bits per heavy atom. The summed E-state index contributed by atoms with van der Waals surface area (Å²) in [5.41, 5.74) is 6.27. The van der Waals surface area contributed by atoms with Gasteiger partial charge in [0, 0.05) is 19.5 Å². The molecule has 0 saturated carbocycles. The molecule has 1 unspecified atom stereocenters. The van der Waals surface area contributed by atoms with Crippen LogP contribution in [0.2, 0.25) is 0 Å². The van der Waals surface area contributed by atoms with E-state index in [9.17, 15) is 10.2 Å². The zero-order valence-corrected chi connectivity index (χ0v) is 19.4. The fraction of sp³-hybridized carbons (Fsp3) is 0.400. The van der Waals surface area contributed by atoms with E-state index in [1.807, 2.05) is 26.8 Å². The van der Waals surface area contributed by atoms with Crippen molar-refractivity contribution in [2.24, 2.45) is 5.92 Å². The summed E-state index contributed by atoms with van der Waals surface area (Å²) in [7, 11) is 2.13. The maximum atomic E-state index is 10.8. The van der Waals surface area contributed by atoms with Crippen LogP contribution < -0.4 is 0 Å². The van der Waals surface area contributed by atoms with Crippen LogP contribution in [-0.2, 0) is 13.0 Å². The molecule has 172 valence electrons. The lowest BCUT2D eigenvalue weighted by atomic mass is 9.85. The van der Waals surface area contributed by atoms with Crippen LogP contribution in [0, 0.1) is 12.8 Å². The van der Waals surface area contributed by atoms with Crippen LogP contribution in [0.3, 0.4) is 0 Å². The number of hydrogen-bond donors (Lipinski definition) is 3. The number of rotatable bonds is 4. The van der Waals surface area contributed by atoms with E-state index in [1.165, 1.54) is 11.1 Å². The second kappa shape index (κ2) is 8.28. The summed E-state index contributed by atoms with van der Waals surface area (Å²) < 4.78 is 5.86. The molecule has 1 aromatic carbocycles. The number of aromatic amines is 1. The van der Waals surface area contributed by atoms with E-state index in [1.54, 1.807) is 0 Å². The zero-order valence-electron chi connectivity index (χ0n) is 19.4. The highest BCUT2D eigenvalue weighted by molar-refractivity contribution is 5.90. The van der Waals surface area contributed by atoms with Crippen LogP contribution in [0.5, 0.6) is 0 Å². The number of allylic oxidation sites excluding steroid dienone is 2. The lowest BCUT2D eigenvalue weighted by Gasteiger charge is -2.25. The van der Waals surface area contributed by atoms with Gasteiger partial charge in [0.05, 0.1) is 17.2 Å². The van der Waals surface area contributed by atoms with Crippen LogP contribution >= 0.6 is 0 Å². The number of likely N-dealkylation sites (N-methyl/N-ethyl adjacent to an activating group) is 1. The minimum absolute atomic E-state index is 0.0872. The largest absolute Gasteiger partial charge is 0.511 e. The maximum Gasteiger partial charge on any atom is 0.184 e. The molecule has 8 nitrogen and oxygen atoms in total. The quantitative estimate of drug-likeness (QED) is 0.553. The van der Waals surface area contributed by atoms with Crippen LogP contribution in [0.4, 0.5) is 0 Å². The van der Waals surface area contributed by atoms with Gasteiger partial charge in [0.2, 0.25) is 0 Å². The van der Waals surface area contributed by atoms with Crippen LogP contribution in [0.25, 0.3) is 28.2 Å². The number of H-pyrrole nitrogens is 1. The predicted octanol–water partition coefficient (Wildman–Crippen LogP) is 4.04. The summed E-state index contributed by atoms with van der Waals surface area (Å²) in [6.07, 6.45) is 2.24. The van der Waals surface area contributed by atoms with E-state index < -0.39 is 6.10 Å². The van der Waals surface area contributed by atoms with Crippen molar-refractivity contribution in [2.45, 2.75) is 46.3 Å². The van der Waals surface area contributed by atoms with Gasteiger partial charge in [-0.05, 0) is 54.6 Å². The zero-order chi connectivity index (χ0) is 23.3. The van der Waals surface area contributed by atoms with E-state index in [2.05, 4.69) is 50.5 Å². The Bertz CT molecular complexity index is 1270. The standard InChI is InChI=1S/C25H29N5O3/c1-13(2)18-10-19(21(32)11-20(18)31)24-22(23(29-33-24)25-26-14(3)27-28-25)16-5-6-17-12-30(4)8-7-15(17)9-16/h5-6,9-10,13,20,31-32H,7-8,11-12H2,1-4H3,(H,26,27,28). The predicted molar refractivity (Wildman–Crippen MR) is 125 cm³/mol. The average molecular weight is 448 g/mol. The first-order valence-electron chi connectivity index (χ1n) is 11.3. The number of aryl methyl sites for hydroxylation is 1. The summed E-state index contributed by atoms with van der Waals surface area (Å²) in [6, 6.07) is 6.41. The smallest absolute Gasteiger partial charge is 0.184 e. The lowest BCUT2D eigenvalue weighted by Crippen LogP contribution is -2.26. The Hall–Kier alpha value is -3.23. The number of aliphatic hydroxyl groups excluding tert-OH is 2. The van der Waals surface area contributed by atoms with Crippen molar-refractivity contribution < 1.29 is 14.7 Å². The molecule has 5 rings (SSSR count). The molecular formula is C25H29N5O3. The Balaban J connectivity index is 1.70. The van der Waals surface area contributed by atoms with Crippen molar-refractivity contribution >= 4 is 5.57 Å². The highest BCUT2D eigenvalue weighted by Crippen LogP contribution is 2.42. The Labute approximate surface area is 192 Å². The first-order valence-corrected chi connectivity index (χ1v) is 11.3. The first-order chi connectivity index (χ1) is 15.8. The molecule has 0 amide bonds. The average Bonchev–Trinajstić information content (AvgIpc) is 3.39. The third kappa shape index (κ3) is 3.89. The van der Waals surface area contributed by atoms with Gasteiger partial charge in [-0.25, -0.2) is 0 Å². The molecule has 0 bridgehead atoms. The van der Waals surface area contributed by atoms with Gasteiger partial charge in [-0.1, -0.05) is 37.2 Å². The van der Waals surface area contributed by atoms with Crippen LogP contribution in [0.1, 0.15) is 43.0 Å². The molecule has 33 heavy (non-hydrogen) atoms. The Kier molecular flexibility index (Phi) is 5.42. The maximum absolute atomic E-state index is 10.8. The van der Waals surface area contributed by atoms with E-state index in [-0.39, 0.29) is 18.1 Å². The minimum atomic E-state index is -0.711. The van der Waals surface area contributed by atoms with Gasteiger partial charge in [-0.2, -0.15) is 0 Å². The molecule has 1 aliphatic carbocycles. The third-order valence-corrected chi connectivity index (χ3v) is 6.52. The van der Waals surface area contributed by atoms with Crippen LogP contribution in [0.15, 0.2) is 40.1 Å². The molecule has 3 heterocycles. The van der Waals surface area contributed by atoms with E-state index in [0.717, 1.165) is 36.2 Å². The molecule has 1 aliphatic heterocycles. The highest BCUT2D eigenvalue weighted by atomic mass is 16.5. The Morgan fingerprint density at radius 3 is 2.76 bits per heavy atom. The second-order valence-corrected chi connectivity index (χ2v) is 9.34. The number of hydrogen-bond acceptors (Lipinski definition) is 7. The molecule has 1 atom stereocenters. The summed E-state index contributed by atoms with van der Waals surface area (Å²) in [4.78, 5) is 5.46. The van der Waals surface area contributed by atoms with Crippen molar-refractivity contribution in [3.05, 3.63) is 58.3 Å². The molecule has 0 saturated heterocycles. The number of fused-ring (bicyclic) bond motifs is 1. The monoisotopic (exact) mass is 447 g/mol. The fourth-order valence-corrected chi connectivity index (χ4v) is 4.71. The van der Waals surface area contributed by atoms with Crippen molar-refractivity contribution in [2.75, 3.05) is 13.6 Å². The van der Waals surface area contributed by atoms with E-state index in [4.69, 9.17) is 4.52 Å². The molecule has 3 aromatic rings. The summed E-state index contributed by atoms with van der Waals surface area (Å²) in [6.45, 7) is 7.82. The molecule has 0 radical (unpaired) electrons. The molecule has 3 N–H and O–H groups in total. The molecule has 2 aliphatic rings. The van der Waals surface area contributed by atoms with Crippen molar-refractivity contribution in [3.63, 3.8) is 0 Å². The fourth-order valence-electron chi connectivity index (χ4n) is 4.71. The molecular weight excluding hydrogens is 418 g/mol. The van der Waals surface area contributed by atoms with Gasteiger partial charge in [-0.15, -0.1) is 10.2 Å². The van der Waals surface area contributed by atoms with E-state index in [0.29, 0.717) is 28.7 Å². The van der Waals surface area contributed by atoms with Gasteiger partial charge in [0.25, 0.3) is 0 Å². The number of benzene rings is 1. The summed E-state index contributed by atoms with van der Waals surface area (Å²) in [5, 5.41) is 33.9. The molecule has 0 spiro atoms. The number of aromatic nitrogens is 4. The summed E-state index contributed by atoms with van der Waals surface area (Å²) >= 11 is 0. The molecule has 8 heteroatoms. The van der Waals surface area contributed by atoms with Crippen molar-refractivity contribution in [1.29, 1.82) is 0 Å². The van der Waals surface area contributed by atoms with Gasteiger partial charge >= 0.3 is 0 Å². The van der Waals surface area contributed by atoms with Gasteiger partial charge in [0.1, 0.15) is 11.6 Å². The van der Waals surface area contributed by atoms with Crippen molar-refractivity contribution in [1.82, 2.24) is 25.2 Å². The van der Waals surface area contributed by atoms with Gasteiger partial charge < -0.3 is 24.6 Å². The number of nitrogens with one attached hydrogen (secondary N) is 1. The van der Waals surface area contributed by atoms with Gasteiger partial charge in [-0.3, -0.25) is 0 Å². The first kappa shape index (κ1) is 21.6. The Morgan fingerprint density at radius 1 is 1.21 bits per heavy atom.